The molecular formula is C13H23NO3. The van der Waals surface area contributed by atoms with Gasteiger partial charge in [0.2, 0.25) is 5.91 Å². The molecule has 2 atom stereocenters. The third-order valence-electron chi connectivity index (χ3n) is 3.41. The van der Waals surface area contributed by atoms with Crippen molar-refractivity contribution in [2.24, 2.45) is 11.8 Å². The first-order valence-electron chi connectivity index (χ1n) is 6.46. The van der Waals surface area contributed by atoms with Crippen molar-refractivity contribution < 1.29 is 14.3 Å². The number of amides is 1. The summed E-state index contributed by atoms with van der Waals surface area (Å²) in [6, 6.07) is 0. The van der Waals surface area contributed by atoms with Crippen LogP contribution in [0.4, 0.5) is 0 Å². The Hall–Kier alpha value is -1.06. The van der Waals surface area contributed by atoms with E-state index in [0.717, 1.165) is 32.2 Å². The van der Waals surface area contributed by atoms with Crippen LogP contribution in [0.5, 0.6) is 0 Å². The van der Waals surface area contributed by atoms with Gasteiger partial charge in [-0.25, -0.2) is 0 Å². The molecule has 1 aliphatic heterocycles. The van der Waals surface area contributed by atoms with Crippen molar-refractivity contribution in [1.29, 1.82) is 0 Å². The molecule has 0 aromatic carbocycles. The van der Waals surface area contributed by atoms with Crippen LogP contribution < -0.4 is 0 Å². The fourth-order valence-electron chi connectivity index (χ4n) is 2.40. The standard InChI is InChI=1S/C13H23NO3/c1-4-6-10(2)12(15)14-8-5-7-11(9-14)13(16)17-3/h10-11H,4-9H2,1-3H3/t10?,11-/m0/s1. The van der Waals surface area contributed by atoms with Gasteiger partial charge in [-0.1, -0.05) is 20.3 Å². The third kappa shape index (κ3) is 3.72. The normalized spacial score (nSPS) is 22.1. The van der Waals surface area contributed by atoms with Gasteiger partial charge in [0.15, 0.2) is 0 Å². The van der Waals surface area contributed by atoms with Crippen LogP contribution in [0, 0.1) is 11.8 Å². The molecule has 98 valence electrons. The minimum Gasteiger partial charge on any atom is -0.469 e. The number of methoxy groups -OCH3 is 1. The van der Waals surface area contributed by atoms with Gasteiger partial charge in [-0.2, -0.15) is 0 Å². The Bertz CT molecular complexity index is 278. The molecule has 17 heavy (non-hydrogen) atoms. The van der Waals surface area contributed by atoms with E-state index < -0.39 is 0 Å². The van der Waals surface area contributed by atoms with E-state index in [1.807, 2.05) is 11.8 Å². The summed E-state index contributed by atoms with van der Waals surface area (Å²) in [6.07, 6.45) is 3.66. The molecular weight excluding hydrogens is 218 g/mol. The minimum absolute atomic E-state index is 0.0661. The predicted molar refractivity (Wildman–Crippen MR) is 65.4 cm³/mol. The molecule has 0 aromatic heterocycles. The molecule has 1 saturated heterocycles. The molecule has 0 saturated carbocycles. The number of hydrogen-bond donors (Lipinski definition) is 0. The fraction of sp³-hybridized carbons (Fsp3) is 0.846. The molecule has 1 fully saturated rings. The quantitative estimate of drug-likeness (QED) is 0.705. The average molecular weight is 241 g/mol. The molecule has 0 aliphatic carbocycles. The summed E-state index contributed by atoms with van der Waals surface area (Å²) in [4.78, 5) is 25.4. The Morgan fingerprint density at radius 3 is 2.76 bits per heavy atom. The zero-order chi connectivity index (χ0) is 12.8. The summed E-state index contributed by atoms with van der Waals surface area (Å²) in [5.74, 6) is -0.0750. The van der Waals surface area contributed by atoms with E-state index in [1.54, 1.807) is 0 Å². The van der Waals surface area contributed by atoms with Crippen LogP contribution in [0.25, 0.3) is 0 Å². The largest absolute Gasteiger partial charge is 0.469 e. The maximum Gasteiger partial charge on any atom is 0.310 e. The lowest BCUT2D eigenvalue weighted by atomic mass is 9.96. The van der Waals surface area contributed by atoms with E-state index in [9.17, 15) is 9.59 Å². The Morgan fingerprint density at radius 2 is 2.18 bits per heavy atom. The highest BCUT2D eigenvalue weighted by Crippen LogP contribution is 2.20. The first kappa shape index (κ1) is 14.0. The molecule has 0 bridgehead atoms. The SMILES string of the molecule is CCCC(C)C(=O)N1CCC[C@H](C(=O)OC)C1. The monoisotopic (exact) mass is 241 g/mol. The van der Waals surface area contributed by atoms with E-state index in [-0.39, 0.29) is 23.7 Å². The summed E-state index contributed by atoms with van der Waals surface area (Å²) >= 11 is 0. The minimum atomic E-state index is -0.189. The Balaban J connectivity index is 2.54. The molecule has 1 aliphatic rings. The Labute approximate surface area is 103 Å². The van der Waals surface area contributed by atoms with Crippen molar-refractivity contribution in [3.05, 3.63) is 0 Å². The van der Waals surface area contributed by atoms with Crippen LogP contribution in [0.2, 0.25) is 0 Å². The second-order valence-corrected chi connectivity index (χ2v) is 4.84. The van der Waals surface area contributed by atoms with Crippen LogP contribution in [-0.4, -0.2) is 37.0 Å². The summed E-state index contributed by atoms with van der Waals surface area (Å²) in [7, 11) is 1.41. The highest BCUT2D eigenvalue weighted by molar-refractivity contribution is 5.80. The van der Waals surface area contributed by atoms with Crippen LogP contribution in [0.15, 0.2) is 0 Å². The van der Waals surface area contributed by atoms with Gasteiger partial charge in [-0.3, -0.25) is 9.59 Å². The van der Waals surface area contributed by atoms with E-state index >= 15 is 0 Å². The topological polar surface area (TPSA) is 46.6 Å². The van der Waals surface area contributed by atoms with Crippen LogP contribution in [0.3, 0.4) is 0 Å². The van der Waals surface area contributed by atoms with Gasteiger partial charge in [-0.05, 0) is 19.3 Å². The van der Waals surface area contributed by atoms with Crippen molar-refractivity contribution >= 4 is 11.9 Å². The Kier molecular flexibility index (Phi) is 5.45. The molecule has 1 unspecified atom stereocenters. The molecule has 1 heterocycles. The molecule has 1 rings (SSSR count). The lowest BCUT2D eigenvalue weighted by molar-refractivity contribution is -0.149. The second-order valence-electron chi connectivity index (χ2n) is 4.84. The number of ether oxygens (including phenoxy) is 1. The lowest BCUT2D eigenvalue weighted by Crippen LogP contribution is -2.44. The summed E-state index contributed by atoms with van der Waals surface area (Å²) in [5.41, 5.74) is 0. The van der Waals surface area contributed by atoms with E-state index in [4.69, 9.17) is 4.74 Å². The number of carbonyl (C=O) groups excluding carboxylic acids is 2. The molecule has 4 heteroatoms. The summed E-state index contributed by atoms with van der Waals surface area (Å²) in [6.45, 7) is 5.35. The second kappa shape index (κ2) is 6.62. The van der Waals surface area contributed by atoms with Crippen LogP contribution in [0.1, 0.15) is 39.5 Å². The number of likely N-dealkylation sites (tertiary alicyclic amines) is 1. The molecule has 4 nitrogen and oxygen atoms in total. The third-order valence-corrected chi connectivity index (χ3v) is 3.41. The first-order valence-corrected chi connectivity index (χ1v) is 6.46. The number of piperidine rings is 1. The summed E-state index contributed by atoms with van der Waals surface area (Å²) < 4.78 is 4.75. The number of nitrogens with zero attached hydrogens (tertiary/aromatic N) is 1. The van der Waals surface area contributed by atoms with Crippen LogP contribution >= 0.6 is 0 Å². The van der Waals surface area contributed by atoms with Gasteiger partial charge < -0.3 is 9.64 Å². The van der Waals surface area contributed by atoms with Gasteiger partial charge in [0, 0.05) is 19.0 Å². The van der Waals surface area contributed by atoms with Gasteiger partial charge in [0.05, 0.1) is 13.0 Å². The number of esters is 1. The van der Waals surface area contributed by atoms with Crippen molar-refractivity contribution in [2.45, 2.75) is 39.5 Å². The van der Waals surface area contributed by atoms with Crippen molar-refractivity contribution in [3.63, 3.8) is 0 Å². The lowest BCUT2D eigenvalue weighted by Gasteiger charge is -2.33. The highest BCUT2D eigenvalue weighted by Gasteiger charge is 2.30. The van der Waals surface area contributed by atoms with Crippen molar-refractivity contribution in [1.82, 2.24) is 4.90 Å². The van der Waals surface area contributed by atoms with Crippen LogP contribution in [-0.2, 0) is 14.3 Å². The van der Waals surface area contributed by atoms with E-state index in [2.05, 4.69) is 6.92 Å². The number of carbonyl (C=O) groups is 2. The molecule has 0 spiro atoms. The predicted octanol–water partition coefficient (Wildman–Crippen LogP) is 1.83. The van der Waals surface area contributed by atoms with E-state index in [0.29, 0.717) is 6.54 Å². The van der Waals surface area contributed by atoms with Gasteiger partial charge in [-0.15, -0.1) is 0 Å². The maximum absolute atomic E-state index is 12.1. The van der Waals surface area contributed by atoms with Gasteiger partial charge in [0.25, 0.3) is 0 Å². The average Bonchev–Trinajstić information content (AvgIpc) is 2.37. The molecule has 1 amide bonds. The van der Waals surface area contributed by atoms with Crippen molar-refractivity contribution in [3.8, 4) is 0 Å². The maximum atomic E-state index is 12.1. The zero-order valence-corrected chi connectivity index (χ0v) is 11.1. The summed E-state index contributed by atoms with van der Waals surface area (Å²) in [5, 5.41) is 0. The zero-order valence-electron chi connectivity index (χ0n) is 11.1. The first-order chi connectivity index (χ1) is 8.10. The van der Waals surface area contributed by atoms with Gasteiger partial charge >= 0.3 is 5.97 Å². The van der Waals surface area contributed by atoms with E-state index in [1.165, 1.54) is 7.11 Å². The number of hydrogen-bond acceptors (Lipinski definition) is 3. The Morgan fingerprint density at radius 1 is 1.47 bits per heavy atom. The molecule has 0 radical (unpaired) electrons. The smallest absolute Gasteiger partial charge is 0.310 e. The van der Waals surface area contributed by atoms with Crippen molar-refractivity contribution in [2.75, 3.05) is 20.2 Å². The fourth-order valence-corrected chi connectivity index (χ4v) is 2.40. The van der Waals surface area contributed by atoms with Gasteiger partial charge in [0.1, 0.15) is 0 Å². The molecule has 0 aromatic rings. The number of rotatable bonds is 4. The molecule has 0 N–H and O–H groups in total. The highest BCUT2D eigenvalue weighted by atomic mass is 16.5.